The minimum atomic E-state index is -0.406. The van der Waals surface area contributed by atoms with Gasteiger partial charge in [-0.1, -0.05) is 13.0 Å². The molecule has 0 N–H and O–H groups in total. The second-order valence-electron chi connectivity index (χ2n) is 4.45. The van der Waals surface area contributed by atoms with Gasteiger partial charge in [0.2, 0.25) is 0 Å². The first-order valence-corrected chi connectivity index (χ1v) is 4.56. The van der Waals surface area contributed by atoms with Crippen LogP contribution in [0, 0.1) is 5.92 Å². The van der Waals surface area contributed by atoms with Crippen molar-refractivity contribution < 1.29 is 9.53 Å². The van der Waals surface area contributed by atoms with Crippen LogP contribution in [-0.2, 0) is 4.74 Å². The molecule has 3 heteroatoms. The Labute approximate surface area is 79.4 Å². The number of carbonyl (C=O) groups is 1. The average molecular weight is 183 g/mol. The lowest BCUT2D eigenvalue weighted by molar-refractivity contribution is 0.0340. The number of hydrogen-bond donors (Lipinski definition) is 0. The van der Waals surface area contributed by atoms with Crippen LogP contribution in [0.15, 0.2) is 12.3 Å². The first-order valence-electron chi connectivity index (χ1n) is 4.56. The van der Waals surface area contributed by atoms with E-state index in [4.69, 9.17) is 4.74 Å². The van der Waals surface area contributed by atoms with E-state index < -0.39 is 5.60 Å². The van der Waals surface area contributed by atoms with Crippen LogP contribution in [0.1, 0.15) is 27.7 Å². The summed E-state index contributed by atoms with van der Waals surface area (Å²) in [6, 6.07) is 0. The van der Waals surface area contributed by atoms with Gasteiger partial charge >= 0.3 is 6.09 Å². The summed E-state index contributed by atoms with van der Waals surface area (Å²) in [5, 5.41) is 0. The maximum absolute atomic E-state index is 11.5. The predicted molar refractivity (Wildman–Crippen MR) is 51.2 cm³/mol. The Morgan fingerprint density at radius 3 is 2.54 bits per heavy atom. The first kappa shape index (κ1) is 10.1. The normalized spacial score (nSPS) is 22.2. The Kier molecular flexibility index (Phi) is 2.64. The molecular weight excluding hydrogens is 166 g/mol. The summed E-state index contributed by atoms with van der Waals surface area (Å²) >= 11 is 0. The molecule has 3 nitrogen and oxygen atoms in total. The summed E-state index contributed by atoms with van der Waals surface area (Å²) in [7, 11) is 0. The minimum Gasteiger partial charge on any atom is -0.443 e. The Bertz CT molecular complexity index is 228. The van der Waals surface area contributed by atoms with E-state index in [0.717, 1.165) is 6.54 Å². The number of nitrogens with zero attached hydrogens (tertiary/aromatic N) is 1. The fourth-order valence-corrected chi connectivity index (χ4v) is 1.14. The number of carbonyl (C=O) groups excluding carboxylic acids is 1. The third kappa shape index (κ3) is 3.09. The van der Waals surface area contributed by atoms with E-state index in [9.17, 15) is 4.79 Å². The smallest absolute Gasteiger partial charge is 0.414 e. The van der Waals surface area contributed by atoms with E-state index in [-0.39, 0.29) is 6.09 Å². The third-order valence-electron chi connectivity index (χ3n) is 1.71. The summed E-state index contributed by atoms with van der Waals surface area (Å²) < 4.78 is 5.21. The zero-order valence-corrected chi connectivity index (χ0v) is 8.70. The highest BCUT2D eigenvalue weighted by molar-refractivity contribution is 5.69. The van der Waals surface area contributed by atoms with E-state index in [1.54, 1.807) is 11.1 Å². The first-order chi connectivity index (χ1) is 5.88. The molecule has 0 saturated carbocycles. The highest BCUT2D eigenvalue weighted by Gasteiger charge is 2.23. The molecule has 0 aromatic heterocycles. The molecule has 1 rings (SSSR count). The number of amides is 1. The van der Waals surface area contributed by atoms with Crippen LogP contribution in [0.2, 0.25) is 0 Å². The van der Waals surface area contributed by atoms with Gasteiger partial charge in [0, 0.05) is 12.7 Å². The van der Waals surface area contributed by atoms with Gasteiger partial charge in [0.15, 0.2) is 0 Å². The fraction of sp³-hybridized carbons (Fsp3) is 0.700. The zero-order valence-electron chi connectivity index (χ0n) is 8.70. The van der Waals surface area contributed by atoms with Crippen molar-refractivity contribution in [2.24, 2.45) is 5.92 Å². The maximum atomic E-state index is 11.5. The van der Waals surface area contributed by atoms with Gasteiger partial charge in [-0.15, -0.1) is 0 Å². The standard InChI is InChI=1S/C10H17NO2/c1-8-5-6-11(7-8)9(12)13-10(2,3)4/h5-6,8H,7H2,1-4H3. The van der Waals surface area contributed by atoms with Crippen molar-refractivity contribution >= 4 is 6.09 Å². The van der Waals surface area contributed by atoms with Gasteiger partial charge in [0.1, 0.15) is 5.60 Å². The summed E-state index contributed by atoms with van der Waals surface area (Å²) in [4.78, 5) is 13.1. The van der Waals surface area contributed by atoms with E-state index in [2.05, 4.69) is 6.92 Å². The lowest BCUT2D eigenvalue weighted by atomic mass is 10.2. The van der Waals surface area contributed by atoms with Gasteiger partial charge in [-0.2, -0.15) is 0 Å². The molecule has 0 spiro atoms. The second kappa shape index (κ2) is 3.40. The Morgan fingerprint density at radius 2 is 2.15 bits per heavy atom. The lowest BCUT2D eigenvalue weighted by Crippen LogP contribution is -2.33. The molecule has 0 saturated heterocycles. The predicted octanol–water partition coefficient (Wildman–Crippen LogP) is 2.39. The topological polar surface area (TPSA) is 29.5 Å². The third-order valence-corrected chi connectivity index (χ3v) is 1.71. The van der Waals surface area contributed by atoms with Gasteiger partial charge in [0.05, 0.1) is 0 Å². The molecule has 1 unspecified atom stereocenters. The van der Waals surface area contributed by atoms with Crippen molar-refractivity contribution in [2.75, 3.05) is 6.54 Å². The number of rotatable bonds is 0. The molecule has 0 bridgehead atoms. The van der Waals surface area contributed by atoms with Crippen LogP contribution in [0.5, 0.6) is 0 Å². The fourth-order valence-electron chi connectivity index (χ4n) is 1.14. The summed E-state index contributed by atoms with van der Waals surface area (Å²) in [5.41, 5.74) is -0.406. The molecule has 0 fully saturated rings. The van der Waals surface area contributed by atoms with Gasteiger partial charge in [-0.05, 0) is 26.7 Å². The van der Waals surface area contributed by atoms with E-state index in [1.807, 2.05) is 26.8 Å². The molecule has 13 heavy (non-hydrogen) atoms. The Balaban J connectivity index is 2.46. The largest absolute Gasteiger partial charge is 0.443 e. The van der Waals surface area contributed by atoms with Crippen molar-refractivity contribution in [3.8, 4) is 0 Å². The summed E-state index contributed by atoms with van der Waals surface area (Å²) in [6.45, 7) is 8.41. The molecule has 1 atom stereocenters. The van der Waals surface area contributed by atoms with Gasteiger partial charge in [0.25, 0.3) is 0 Å². The van der Waals surface area contributed by atoms with E-state index in [0.29, 0.717) is 5.92 Å². The molecule has 74 valence electrons. The average Bonchev–Trinajstić information content (AvgIpc) is 2.31. The van der Waals surface area contributed by atoms with Crippen LogP contribution in [0.25, 0.3) is 0 Å². The highest BCUT2D eigenvalue weighted by atomic mass is 16.6. The molecule has 0 radical (unpaired) electrons. The molecule has 1 heterocycles. The Hall–Kier alpha value is -0.990. The van der Waals surface area contributed by atoms with E-state index in [1.165, 1.54) is 0 Å². The van der Waals surface area contributed by atoms with E-state index >= 15 is 0 Å². The second-order valence-corrected chi connectivity index (χ2v) is 4.45. The van der Waals surface area contributed by atoms with Crippen molar-refractivity contribution in [1.82, 2.24) is 4.90 Å². The molecule has 1 aliphatic rings. The number of ether oxygens (including phenoxy) is 1. The molecule has 1 amide bonds. The maximum Gasteiger partial charge on any atom is 0.414 e. The highest BCUT2D eigenvalue weighted by Crippen LogP contribution is 2.16. The zero-order chi connectivity index (χ0) is 10.1. The van der Waals surface area contributed by atoms with Crippen LogP contribution in [-0.4, -0.2) is 23.1 Å². The Morgan fingerprint density at radius 1 is 1.54 bits per heavy atom. The summed E-state index contributed by atoms with van der Waals surface area (Å²) in [5.74, 6) is 0.438. The van der Waals surface area contributed by atoms with Gasteiger partial charge in [-0.3, -0.25) is 4.90 Å². The van der Waals surface area contributed by atoms with Gasteiger partial charge < -0.3 is 4.74 Å². The summed E-state index contributed by atoms with van der Waals surface area (Å²) in [6.07, 6.45) is 3.54. The molecule has 0 aliphatic carbocycles. The molecule has 0 aromatic carbocycles. The minimum absolute atomic E-state index is 0.256. The molecular formula is C10H17NO2. The number of hydrogen-bond acceptors (Lipinski definition) is 2. The van der Waals surface area contributed by atoms with Crippen molar-refractivity contribution in [3.05, 3.63) is 12.3 Å². The van der Waals surface area contributed by atoms with Crippen molar-refractivity contribution in [3.63, 3.8) is 0 Å². The monoisotopic (exact) mass is 183 g/mol. The SMILES string of the molecule is CC1C=CN(C(=O)OC(C)(C)C)C1. The quantitative estimate of drug-likeness (QED) is 0.577. The van der Waals surface area contributed by atoms with Crippen LogP contribution < -0.4 is 0 Å². The van der Waals surface area contributed by atoms with Crippen molar-refractivity contribution in [2.45, 2.75) is 33.3 Å². The van der Waals surface area contributed by atoms with Crippen LogP contribution >= 0.6 is 0 Å². The molecule has 0 aromatic rings. The van der Waals surface area contributed by atoms with Gasteiger partial charge in [-0.25, -0.2) is 4.79 Å². The molecule has 1 aliphatic heterocycles. The van der Waals surface area contributed by atoms with Crippen molar-refractivity contribution in [1.29, 1.82) is 0 Å². The lowest BCUT2D eigenvalue weighted by Gasteiger charge is -2.23. The van der Waals surface area contributed by atoms with Crippen LogP contribution in [0.3, 0.4) is 0 Å². The van der Waals surface area contributed by atoms with Crippen LogP contribution in [0.4, 0.5) is 4.79 Å².